The van der Waals surface area contributed by atoms with Crippen molar-refractivity contribution in [3.05, 3.63) is 87.9 Å². The summed E-state index contributed by atoms with van der Waals surface area (Å²) in [5.41, 5.74) is 1.59. The number of carbonyl (C=O) groups is 2. The summed E-state index contributed by atoms with van der Waals surface area (Å²) in [6.07, 6.45) is 1.00. The highest BCUT2D eigenvalue weighted by molar-refractivity contribution is 7.92. The zero-order valence-corrected chi connectivity index (χ0v) is 26.8. The Labute approximate surface area is 258 Å². The van der Waals surface area contributed by atoms with Crippen LogP contribution in [0.25, 0.3) is 0 Å². The summed E-state index contributed by atoms with van der Waals surface area (Å²) in [6, 6.07) is 16.9. The van der Waals surface area contributed by atoms with E-state index in [-0.39, 0.29) is 39.8 Å². The van der Waals surface area contributed by atoms with Gasteiger partial charge in [-0.25, -0.2) is 8.42 Å². The number of aryl methyl sites for hydroxylation is 1. The number of benzene rings is 3. The zero-order valence-electron chi connectivity index (χ0n) is 24.4. The average Bonchev–Trinajstić information content (AvgIpc) is 2.96. The molecule has 0 bridgehead atoms. The maximum absolute atomic E-state index is 14.2. The molecule has 2 atom stereocenters. The second-order valence-corrected chi connectivity index (χ2v) is 12.7. The number of rotatable bonds is 13. The number of carbonyl (C=O) groups excluding carboxylic acids is 2. The van der Waals surface area contributed by atoms with Gasteiger partial charge in [-0.05, 0) is 68.7 Å². The van der Waals surface area contributed by atoms with Crippen LogP contribution in [-0.4, -0.2) is 50.9 Å². The first-order valence-corrected chi connectivity index (χ1v) is 15.9. The van der Waals surface area contributed by atoms with Crippen LogP contribution in [0.1, 0.15) is 44.7 Å². The number of halogens is 2. The van der Waals surface area contributed by atoms with Gasteiger partial charge in [0.1, 0.15) is 18.3 Å². The van der Waals surface area contributed by atoms with E-state index in [0.29, 0.717) is 23.4 Å². The lowest BCUT2D eigenvalue weighted by atomic mass is 10.1. The molecular formula is C31H37Cl2N3O5S. The molecule has 0 fully saturated rings. The molecule has 8 nitrogen and oxygen atoms in total. The molecule has 2 amide bonds. The number of hydrogen-bond donors (Lipinski definition) is 1. The van der Waals surface area contributed by atoms with Crippen molar-refractivity contribution in [3.63, 3.8) is 0 Å². The Morgan fingerprint density at radius 1 is 0.976 bits per heavy atom. The molecule has 0 saturated heterocycles. The second kappa shape index (κ2) is 14.8. The van der Waals surface area contributed by atoms with E-state index in [9.17, 15) is 18.0 Å². The number of anilines is 1. The number of hydrogen-bond acceptors (Lipinski definition) is 5. The highest BCUT2D eigenvalue weighted by Gasteiger charge is 2.35. The van der Waals surface area contributed by atoms with Crippen LogP contribution in [0, 0.1) is 6.92 Å². The van der Waals surface area contributed by atoms with E-state index < -0.39 is 28.5 Å². The Hall–Kier alpha value is -3.27. The third-order valence-electron chi connectivity index (χ3n) is 6.98. The maximum atomic E-state index is 14.2. The van der Waals surface area contributed by atoms with Gasteiger partial charge in [-0.2, -0.15) is 0 Å². The predicted molar refractivity (Wildman–Crippen MR) is 168 cm³/mol. The van der Waals surface area contributed by atoms with Crippen LogP contribution in [-0.2, 0) is 26.2 Å². The molecule has 226 valence electrons. The van der Waals surface area contributed by atoms with E-state index in [1.165, 1.54) is 36.3 Å². The standard InChI is InChI=1S/C31H37Cl2N3O5S/c1-6-22(4)34-31(38)27(7-2)35(19-23-10-8-9-11-26(23)33)30(37)20-36(28-18-24(32)14-17-29(28)41-5)42(39,40)25-15-12-21(3)13-16-25/h8-18,22,27H,6-7,19-20H2,1-5H3,(H,34,38)/t22-,27-/m0/s1. The van der Waals surface area contributed by atoms with Crippen molar-refractivity contribution in [2.75, 3.05) is 18.0 Å². The quantitative estimate of drug-likeness (QED) is 0.241. The second-order valence-electron chi connectivity index (χ2n) is 10.00. The minimum absolute atomic E-state index is 0.00393. The molecule has 3 rings (SSSR count). The lowest BCUT2D eigenvalue weighted by Gasteiger charge is -2.34. The molecule has 0 heterocycles. The van der Waals surface area contributed by atoms with Crippen molar-refractivity contribution in [2.24, 2.45) is 0 Å². The Morgan fingerprint density at radius 2 is 1.64 bits per heavy atom. The summed E-state index contributed by atoms with van der Waals surface area (Å²) in [6.45, 7) is 6.85. The van der Waals surface area contributed by atoms with Crippen LogP contribution in [0.5, 0.6) is 5.75 Å². The number of amides is 2. The highest BCUT2D eigenvalue weighted by atomic mass is 35.5. The van der Waals surface area contributed by atoms with E-state index >= 15 is 0 Å². The van der Waals surface area contributed by atoms with Crippen LogP contribution in [0.4, 0.5) is 5.69 Å². The Kier molecular flexibility index (Phi) is 11.7. The fourth-order valence-electron chi connectivity index (χ4n) is 4.38. The van der Waals surface area contributed by atoms with Gasteiger partial charge in [0, 0.05) is 22.6 Å². The largest absolute Gasteiger partial charge is 0.495 e. The molecular weight excluding hydrogens is 597 g/mol. The molecule has 0 unspecified atom stereocenters. The number of nitrogens with zero attached hydrogens (tertiary/aromatic N) is 2. The van der Waals surface area contributed by atoms with Gasteiger partial charge in [0.05, 0.1) is 17.7 Å². The fourth-order valence-corrected chi connectivity index (χ4v) is 6.16. The minimum atomic E-state index is -4.28. The summed E-state index contributed by atoms with van der Waals surface area (Å²) in [5, 5.41) is 3.64. The van der Waals surface area contributed by atoms with Crippen LogP contribution < -0.4 is 14.4 Å². The summed E-state index contributed by atoms with van der Waals surface area (Å²) in [4.78, 5) is 29.0. The molecule has 42 heavy (non-hydrogen) atoms. The summed E-state index contributed by atoms with van der Waals surface area (Å²) in [5.74, 6) is -0.721. The molecule has 0 spiro atoms. The van der Waals surface area contributed by atoms with Crippen molar-refractivity contribution < 1.29 is 22.7 Å². The molecule has 0 aliphatic carbocycles. The summed E-state index contributed by atoms with van der Waals surface area (Å²) in [7, 11) is -2.88. The molecule has 0 aliphatic rings. The smallest absolute Gasteiger partial charge is 0.264 e. The van der Waals surface area contributed by atoms with Crippen LogP contribution in [0.3, 0.4) is 0 Å². The van der Waals surface area contributed by atoms with Crippen molar-refractivity contribution >= 4 is 50.7 Å². The summed E-state index contributed by atoms with van der Waals surface area (Å²) >= 11 is 12.8. The van der Waals surface area contributed by atoms with Gasteiger partial charge in [-0.3, -0.25) is 13.9 Å². The third-order valence-corrected chi connectivity index (χ3v) is 9.36. The van der Waals surface area contributed by atoms with E-state index in [0.717, 1.165) is 9.87 Å². The lowest BCUT2D eigenvalue weighted by molar-refractivity contribution is -0.140. The Morgan fingerprint density at radius 3 is 2.24 bits per heavy atom. The minimum Gasteiger partial charge on any atom is -0.495 e. The Balaban J connectivity index is 2.14. The zero-order chi connectivity index (χ0) is 31.0. The normalized spacial score (nSPS) is 12.7. The maximum Gasteiger partial charge on any atom is 0.264 e. The van der Waals surface area contributed by atoms with E-state index in [1.54, 1.807) is 49.4 Å². The predicted octanol–water partition coefficient (Wildman–Crippen LogP) is 6.23. The molecule has 3 aromatic carbocycles. The van der Waals surface area contributed by atoms with Crippen LogP contribution in [0.15, 0.2) is 71.6 Å². The number of sulfonamides is 1. The first kappa shape index (κ1) is 33.2. The van der Waals surface area contributed by atoms with Gasteiger partial charge >= 0.3 is 0 Å². The number of ether oxygens (including phenoxy) is 1. The van der Waals surface area contributed by atoms with Crippen molar-refractivity contribution in [3.8, 4) is 5.75 Å². The molecule has 3 aromatic rings. The van der Waals surface area contributed by atoms with Gasteiger partial charge in [-0.15, -0.1) is 0 Å². The third kappa shape index (κ3) is 7.96. The van der Waals surface area contributed by atoms with Gasteiger partial charge < -0.3 is 15.0 Å². The molecule has 0 aliphatic heterocycles. The van der Waals surface area contributed by atoms with Crippen molar-refractivity contribution in [1.82, 2.24) is 10.2 Å². The number of nitrogens with one attached hydrogen (secondary N) is 1. The monoisotopic (exact) mass is 633 g/mol. The topological polar surface area (TPSA) is 96.0 Å². The summed E-state index contributed by atoms with van der Waals surface area (Å²) < 4.78 is 34.7. The number of methoxy groups -OCH3 is 1. The van der Waals surface area contributed by atoms with Gasteiger partial charge in [0.2, 0.25) is 11.8 Å². The van der Waals surface area contributed by atoms with Crippen LogP contribution >= 0.6 is 23.2 Å². The van der Waals surface area contributed by atoms with E-state index in [1.807, 2.05) is 20.8 Å². The SMILES string of the molecule is CC[C@H](C)NC(=O)[C@H](CC)N(Cc1ccccc1Cl)C(=O)CN(c1cc(Cl)ccc1OC)S(=O)(=O)c1ccc(C)cc1. The lowest BCUT2D eigenvalue weighted by Crippen LogP contribution is -2.53. The van der Waals surface area contributed by atoms with E-state index in [4.69, 9.17) is 27.9 Å². The molecule has 0 radical (unpaired) electrons. The first-order valence-electron chi connectivity index (χ1n) is 13.7. The fraction of sp³-hybridized carbons (Fsp3) is 0.355. The first-order chi connectivity index (χ1) is 19.9. The highest BCUT2D eigenvalue weighted by Crippen LogP contribution is 2.35. The Bertz CT molecular complexity index is 1500. The van der Waals surface area contributed by atoms with E-state index in [2.05, 4.69) is 5.32 Å². The van der Waals surface area contributed by atoms with Gasteiger partial charge in [0.25, 0.3) is 10.0 Å². The molecule has 0 aromatic heterocycles. The molecule has 11 heteroatoms. The molecule has 1 N–H and O–H groups in total. The van der Waals surface area contributed by atoms with Crippen LogP contribution in [0.2, 0.25) is 10.0 Å². The average molecular weight is 635 g/mol. The van der Waals surface area contributed by atoms with Gasteiger partial charge in [0.15, 0.2) is 0 Å². The molecule has 0 saturated carbocycles. The van der Waals surface area contributed by atoms with Gasteiger partial charge in [-0.1, -0.05) is 72.9 Å². The van der Waals surface area contributed by atoms with Crippen molar-refractivity contribution in [2.45, 2.75) is 64.1 Å². The van der Waals surface area contributed by atoms with Crippen molar-refractivity contribution in [1.29, 1.82) is 0 Å².